The van der Waals surface area contributed by atoms with Crippen LogP contribution in [-0.2, 0) is 9.53 Å². The third-order valence-corrected chi connectivity index (χ3v) is 7.88. The predicted octanol–water partition coefficient (Wildman–Crippen LogP) is 4.31. The van der Waals surface area contributed by atoms with Crippen LogP contribution in [0.5, 0.6) is 0 Å². The first-order valence-electron chi connectivity index (χ1n) is 12.5. The first kappa shape index (κ1) is 24.9. The van der Waals surface area contributed by atoms with Gasteiger partial charge in [0.2, 0.25) is 5.91 Å². The molecule has 0 unspecified atom stereocenters. The second-order valence-corrected chi connectivity index (χ2v) is 10.6. The minimum absolute atomic E-state index is 0.106. The lowest BCUT2D eigenvalue weighted by molar-refractivity contribution is -0.124. The summed E-state index contributed by atoms with van der Waals surface area (Å²) in [6, 6.07) is 7.89. The molecule has 4 rings (SSSR count). The van der Waals surface area contributed by atoms with Crippen LogP contribution in [0.3, 0.4) is 0 Å². The maximum Gasteiger partial charge on any atom is 0.251 e. The summed E-state index contributed by atoms with van der Waals surface area (Å²) in [5.41, 5.74) is 3.16. The minimum Gasteiger partial charge on any atom is -0.380 e. The Morgan fingerprint density at radius 2 is 1.88 bits per heavy atom. The van der Waals surface area contributed by atoms with Gasteiger partial charge in [-0.3, -0.25) is 9.59 Å². The molecule has 2 aliphatic carbocycles. The predicted molar refractivity (Wildman–Crippen MR) is 138 cm³/mol. The maximum absolute atomic E-state index is 12.3. The van der Waals surface area contributed by atoms with E-state index in [1.54, 1.807) is 11.8 Å². The number of carbonyl (C=O) groups is 2. The van der Waals surface area contributed by atoms with Gasteiger partial charge in [0, 0.05) is 37.6 Å². The Hall–Kier alpha value is -2.19. The topological polar surface area (TPSA) is 92.2 Å². The highest BCUT2D eigenvalue weighted by atomic mass is 32.2. The van der Waals surface area contributed by atoms with Crippen molar-refractivity contribution < 1.29 is 14.3 Å². The number of amides is 2. The first-order valence-corrected chi connectivity index (χ1v) is 13.7. The lowest BCUT2D eigenvalue weighted by Gasteiger charge is -2.54. The van der Waals surface area contributed by atoms with Crippen molar-refractivity contribution in [3.8, 4) is 0 Å². The van der Waals surface area contributed by atoms with Crippen molar-refractivity contribution >= 4 is 34.3 Å². The maximum atomic E-state index is 12.3. The highest BCUT2D eigenvalue weighted by Crippen LogP contribution is 2.55. The number of nitrogens with zero attached hydrogens (tertiary/aromatic N) is 2. The number of ether oxygens (including phenoxy) is 1. The molecule has 7 nitrogen and oxygen atoms in total. The monoisotopic (exact) mass is 484 g/mol. The second-order valence-electron chi connectivity index (χ2n) is 9.70. The second kappa shape index (κ2) is 12.0. The van der Waals surface area contributed by atoms with Crippen LogP contribution in [0.1, 0.15) is 80.1 Å². The number of thioether (sulfide) groups is 1. The fourth-order valence-corrected chi connectivity index (χ4v) is 5.40. The van der Waals surface area contributed by atoms with E-state index in [0.717, 1.165) is 42.0 Å². The van der Waals surface area contributed by atoms with Crippen molar-refractivity contribution in [3.63, 3.8) is 0 Å². The average Bonchev–Trinajstić information content (AvgIpc) is 3.28. The summed E-state index contributed by atoms with van der Waals surface area (Å²) >= 11 is 1.61. The largest absolute Gasteiger partial charge is 0.380 e. The zero-order chi connectivity index (χ0) is 23.8. The van der Waals surface area contributed by atoms with E-state index in [1.165, 1.54) is 32.1 Å². The van der Waals surface area contributed by atoms with E-state index in [9.17, 15) is 9.59 Å². The Balaban J connectivity index is 0.985. The van der Waals surface area contributed by atoms with Gasteiger partial charge in [0.15, 0.2) is 0 Å². The van der Waals surface area contributed by atoms with Gasteiger partial charge in [-0.25, -0.2) is 0 Å². The minimum atomic E-state index is -0.106. The molecule has 184 valence electrons. The van der Waals surface area contributed by atoms with Gasteiger partial charge in [-0.05, 0) is 67.9 Å². The molecule has 1 aromatic rings. The van der Waals surface area contributed by atoms with Crippen molar-refractivity contribution in [2.45, 2.75) is 70.3 Å². The summed E-state index contributed by atoms with van der Waals surface area (Å²) in [7, 11) is 0. The van der Waals surface area contributed by atoms with Gasteiger partial charge in [0.25, 0.3) is 5.91 Å². The normalized spacial score (nSPS) is 18.6. The van der Waals surface area contributed by atoms with E-state index in [1.807, 2.05) is 30.5 Å². The van der Waals surface area contributed by atoms with Crippen LogP contribution in [0, 0.1) is 5.41 Å². The van der Waals surface area contributed by atoms with Gasteiger partial charge < -0.3 is 15.4 Å². The van der Waals surface area contributed by atoms with E-state index in [-0.39, 0.29) is 11.8 Å². The Morgan fingerprint density at radius 3 is 2.56 bits per heavy atom. The van der Waals surface area contributed by atoms with Crippen LogP contribution in [0.2, 0.25) is 0 Å². The highest BCUT2D eigenvalue weighted by molar-refractivity contribution is 8.13. The molecule has 8 heteroatoms. The van der Waals surface area contributed by atoms with E-state index >= 15 is 0 Å². The number of hydrogen-bond donors (Lipinski definition) is 2. The molecule has 2 N–H and O–H groups in total. The summed E-state index contributed by atoms with van der Waals surface area (Å²) in [5.74, 6) is 0.0929. The van der Waals surface area contributed by atoms with Crippen LogP contribution >= 0.6 is 11.8 Å². The fraction of sp³-hybridized carbons (Fsp3) is 0.615. The average molecular weight is 485 g/mol. The molecule has 1 aliphatic heterocycles. The molecular weight excluding hydrogens is 448 g/mol. The van der Waals surface area contributed by atoms with E-state index < -0.39 is 0 Å². The Kier molecular flexibility index (Phi) is 8.78. The van der Waals surface area contributed by atoms with Crippen LogP contribution < -0.4 is 10.6 Å². The molecule has 3 aliphatic rings. The molecule has 34 heavy (non-hydrogen) atoms. The van der Waals surface area contributed by atoms with Gasteiger partial charge >= 0.3 is 0 Å². The van der Waals surface area contributed by atoms with Gasteiger partial charge in [0.05, 0.1) is 12.3 Å². The van der Waals surface area contributed by atoms with E-state index in [2.05, 4.69) is 20.8 Å². The van der Waals surface area contributed by atoms with Crippen LogP contribution in [-0.4, -0.2) is 54.6 Å². The quantitative estimate of drug-likeness (QED) is 0.433. The Bertz CT molecular complexity index is 916. The Morgan fingerprint density at radius 1 is 1.09 bits per heavy atom. The Labute approximate surface area is 206 Å². The molecule has 2 fully saturated rings. The van der Waals surface area contributed by atoms with Gasteiger partial charge in [-0.2, -0.15) is 5.10 Å². The number of carbonyl (C=O) groups excluding carboxylic acids is 2. The fourth-order valence-electron chi connectivity index (χ4n) is 5.00. The third kappa shape index (κ3) is 6.69. The standard InChI is InChI=1S/C26H36N4O3S/c1-34-24-16-22(29-30-24)19-7-9-20(10-8-19)25(32)27-13-15-33-14-4-2-3-6-23(31)28-21-17-26(18-21)11-5-12-26/h7-10,21H,2-6,11-18H2,1H3,(H,27,32)(H,28,31). The SMILES string of the molecule is CSC1=NN=C(c2ccc(C(=O)NCCOCCCCCC(=O)NC3CC4(CCC4)C3)cc2)C1. The van der Waals surface area contributed by atoms with E-state index in [4.69, 9.17) is 4.74 Å². The summed E-state index contributed by atoms with van der Waals surface area (Å²) in [5, 5.41) is 15.4. The smallest absolute Gasteiger partial charge is 0.251 e. The van der Waals surface area contributed by atoms with Crippen molar-refractivity contribution in [1.82, 2.24) is 10.6 Å². The molecular formula is C26H36N4O3S. The van der Waals surface area contributed by atoms with Gasteiger partial charge in [0.1, 0.15) is 5.04 Å². The molecule has 1 spiro atoms. The lowest BCUT2D eigenvalue weighted by atomic mass is 9.54. The van der Waals surface area contributed by atoms with Gasteiger partial charge in [-0.15, -0.1) is 16.9 Å². The molecule has 1 aromatic carbocycles. The zero-order valence-electron chi connectivity index (χ0n) is 20.1. The molecule has 0 bridgehead atoms. The van der Waals surface area contributed by atoms with Crippen molar-refractivity contribution in [2.75, 3.05) is 26.0 Å². The molecule has 0 atom stereocenters. The van der Waals surface area contributed by atoms with Crippen molar-refractivity contribution in [1.29, 1.82) is 0 Å². The zero-order valence-corrected chi connectivity index (χ0v) is 20.9. The molecule has 0 saturated heterocycles. The van der Waals surface area contributed by atoms with Gasteiger partial charge in [-0.1, -0.05) is 25.0 Å². The molecule has 2 saturated carbocycles. The number of benzene rings is 1. The molecule has 0 aromatic heterocycles. The lowest BCUT2D eigenvalue weighted by Crippen LogP contribution is -2.53. The van der Waals surface area contributed by atoms with Crippen LogP contribution in [0.15, 0.2) is 34.5 Å². The number of hydrogen-bond acceptors (Lipinski definition) is 6. The molecule has 2 amide bonds. The highest BCUT2D eigenvalue weighted by Gasteiger charge is 2.48. The molecule has 0 radical (unpaired) electrons. The van der Waals surface area contributed by atoms with Crippen LogP contribution in [0.4, 0.5) is 0 Å². The van der Waals surface area contributed by atoms with Crippen molar-refractivity contribution in [2.24, 2.45) is 15.6 Å². The van der Waals surface area contributed by atoms with Crippen LogP contribution in [0.25, 0.3) is 0 Å². The summed E-state index contributed by atoms with van der Waals surface area (Å²) < 4.78 is 5.62. The first-order chi connectivity index (χ1) is 16.6. The van der Waals surface area contributed by atoms with E-state index in [0.29, 0.717) is 43.2 Å². The summed E-state index contributed by atoms with van der Waals surface area (Å²) in [4.78, 5) is 24.3. The summed E-state index contributed by atoms with van der Waals surface area (Å²) in [6.07, 6.45) is 12.6. The molecule has 1 heterocycles. The van der Waals surface area contributed by atoms with Crippen molar-refractivity contribution in [3.05, 3.63) is 35.4 Å². The summed E-state index contributed by atoms with van der Waals surface area (Å²) in [6.45, 7) is 1.61. The number of unbranched alkanes of at least 4 members (excludes halogenated alkanes) is 2. The third-order valence-electron chi connectivity index (χ3n) is 7.18. The number of nitrogens with one attached hydrogen (secondary N) is 2. The number of rotatable bonds is 12.